The van der Waals surface area contributed by atoms with Gasteiger partial charge in [0, 0.05) is 17.3 Å². The molecule has 2 aromatic heterocycles. The van der Waals surface area contributed by atoms with E-state index in [4.69, 9.17) is 0 Å². The number of hydrogen-bond donors (Lipinski definition) is 1. The summed E-state index contributed by atoms with van der Waals surface area (Å²) in [6.07, 6.45) is 5.76. The maximum absolute atomic E-state index is 12.5. The number of hydrogen-bond acceptors (Lipinski definition) is 5. The molecule has 1 aliphatic carbocycles. The molecular formula is C19H20N4O2S. The predicted octanol–water partition coefficient (Wildman–Crippen LogP) is 2.84. The van der Waals surface area contributed by atoms with Gasteiger partial charge in [-0.3, -0.25) is 9.59 Å². The number of aryl methyl sites for hydroxylation is 3. The van der Waals surface area contributed by atoms with Gasteiger partial charge >= 0.3 is 0 Å². The number of anilines is 1. The Kier molecular flexibility index (Phi) is 4.55. The smallest absolute Gasteiger partial charge is 0.274 e. The van der Waals surface area contributed by atoms with E-state index in [9.17, 15) is 9.59 Å². The van der Waals surface area contributed by atoms with Crippen LogP contribution < -0.4 is 10.9 Å². The Bertz CT molecular complexity index is 1010. The van der Waals surface area contributed by atoms with Gasteiger partial charge < -0.3 is 5.32 Å². The van der Waals surface area contributed by atoms with E-state index in [1.807, 2.05) is 18.2 Å². The third-order valence-corrected chi connectivity index (χ3v) is 5.78. The average Bonchev–Trinajstić information content (AvgIpc) is 2.87. The van der Waals surface area contributed by atoms with Crippen LogP contribution >= 0.6 is 11.3 Å². The van der Waals surface area contributed by atoms with Gasteiger partial charge in [0.25, 0.3) is 5.56 Å². The number of thiazole rings is 1. The van der Waals surface area contributed by atoms with Gasteiger partial charge in [-0.25, -0.2) is 9.67 Å². The van der Waals surface area contributed by atoms with Crippen molar-refractivity contribution in [2.24, 2.45) is 7.05 Å². The van der Waals surface area contributed by atoms with E-state index >= 15 is 0 Å². The van der Waals surface area contributed by atoms with Crippen molar-refractivity contribution in [3.8, 4) is 0 Å². The maximum Gasteiger partial charge on any atom is 0.274 e. The van der Waals surface area contributed by atoms with Crippen LogP contribution in [0.25, 0.3) is 10.8 Å². The molecule has 0 fully saturated rings. The Morgan fingerprint density at radius 2 is 1.96 bits per heavy atom. The van der Waals surface area contributed by atoms with Crippen LogP contribution in [-0.4, -0.2) is 20.7 Å². The summed E-state index contributed by atoms with van der Waals surface area (Å²) < 4.78 is 1.29. The molecule has 0 unspecified atom stereocenters. The van der Waals surface area contributed by atoms with E-state index in [1.165, 1.54) is 22.4 Å². The molecule has 1 amide bonds. The predicted molar refractivity (Wildman–Crippen MR) is 103 cm³/mol. The van der Waals surface area contributed by atoms with Crippen molar-refractivity contribution >= 4 is 33.1 Å². The lowest BCUT2D eigenvalue weighted by Crippen LogP contribution is -2.24. The summed E-state index contributed by atoms with van der Waals surface area (Å²) in [7, 11) is 1.61. The number of benzene rings is 1. The van der Waals surface area contributed by atoms with Gasteiger partial charge in [-0.1, -0.05) is 24.6 Å². The van der Waals surface area contributed by atoms with Crippen molar-refractivity contribution in [2.75, 3.05) is 5.32 Å². The molecule has 26 heavy (non-hydrogen) atoms. The first-order valence-electron chi connectivity index (χ1n) is 8.85. The molecule has 0 aliphatic heterocycles. The van der Waals surface area contributed by atoms with Gasteiger partial charge in [0.2, 0.25) is 5.91 Å². The fourth-order valence-corrected chi connectivity index (χ4v) is 4.47. The van der Waals surface area contributed by atoms with Crippen LogP contribution in [0, 0.1) is 0 Å². The standard InChI is InChI=1S/C19H20N4O2S/c1-23-18(25)13-8-6-5-7-12(13)15(22-23)11-17(24)21-19-20-14-9-3-2-4-10-16(14)26-19/h5-8H,2-4,9-11H2,1H3,(H,20,21,24). The summed E-state index contributed by atoms with van der Waals surface area (Å²) >= 11 is 1.58. The van der Waals surface area contributed by atoms with Gasteiger partial charge in [0.1, 0.15) is 0 Å². The number of nitrogens with zero attached hydrogens (tertiary/aromatic N) is 3. The molecule has 134 valence electrons. The van der Waals surface area contributed by atoms with Crippen molar-refractivity contribution in [1.29, 1.82) is 0 Å². The van der Waals surface area contributed by atoms with Gasteiger partial charge in [0.15, 0.2) is 5.13 Å². The number of fused-ring (bicyclic) bond motifs is 2. The first-order valence-corrected chi connectivity index (χ1v) is 9.67. The Hall–Kier alpha value is -2.54. The Balaban J connectivity index is 1.57. The van der Waals surface area contributed by atoms with Crippen LogP contribution in [0.4, 0.5) is 5.13 Å². The zero-order chi connectivity index (χ0) is 18.1. The minimum Gasteiger partial charge on any atom is -0.302 e. The Morgan fingerprint density at radius 3 is 2.81 bits per heavy atom. The highest BCUT2D eigenvalue weighted by Crippen LogP contribution is 2.29. The molecule has 6 nitrogen and oxygen atoms in total. The number of carbonyl (C=O) groups excluding carboxylic acids is 1. The van der Waals surface area contributed by atoms with Crippen LogP contribution in [0.1, 0.15) is 35.5 Å². The zero-order valence-corrected chi connectivity index (χ0v) is 15.4. The van der Waals surface area contributed by atoms with E-state index in [1.54, 1.807) is 24.5 Å². The van der Waals surface area contributed by atoms with Gasteiger partial charge in [-0.15, -0.1) is 11.3 Å². The lowest BCUT2D eigenvalue weighted by molar-refractivity contribution is -0.115. The van der Waals surface area contributed by atoms with Gasteiger partial charge in [-0.05, 0) is 31.7 Å². The quantitative estimate of drug-likeness (QED) is 0.721. The monoisotopic (exact) mass is 368 g/mol. The first kappa shape index (κ1) is 16.9. The number of amides is 1. The summed E-state index contributed by atoms with van der Waals surface area (Å²) in [6.45, 7) is 0. The highest BCUT2D eigenvalue weighted by molar-refractivity contribution is 7.15. The molecule has 0 radical (unpaired) electrons. The maximum atomic E-state index is 12.5. The SMILES string of the molecule is Cn1nc(CC(=O)Nc2nc3c(s2)CCCCC3)c2ccccc2c1=O. The fourth-order valence-electron chi connectivity index (χ4n) is 3.40. The second kappa shape index (κ2) is 6.99. The average molecular weight is 368 g/mol. The molecule has 4 rings (SSSR count). The van der Waals surface area contributed by atoms with Crippen LogP contribution in [-0.2, 0) is 31.1 Å². The largest absolute Gasteiger partial charge is 0.302 e. The molecule has 2 heterocycles. The van der Waals surface area contributed by atoms with Crippen molar-refractivity contribution in [3.05, 3.63) is 50.9 Å². The summed E-state index contributed by atoms with van der Waals surface area (Å²) in [6, 6.07) is 7.26. The molecule has 0 saturated carbocycles. The third-order valence-electron chi connectivity index (χ3n) is 4.70. The Morgan fingerprint density at radius 1 is 1.19 bits per heavy atom. The molecule has 7 heteroatoms. The van der Waals surface area contributed by atoms with Crippen LogP contribution in [0.15, 0.2) is 29.1 Å². The van der Waals surface area contributed by atoms with Crippen molar-refractivity contribution in [1.82, 2.24) is 14.8 Å². The highest BCUT2D eigenvalue weighted by atomic mass is 32.1. The summed E-state index contributed by atoms with van der Waals surface area (Å²) in [5, 5.41) is 9.16. The minimum absolute atomic E-state index is 0.110. The number of rotatable bonds is 3. The molecular weight excluding hydrogens is 348 g/mol. The van der Waals surface area contributed by atoms with E-state index in [0.717, 1.165) is 30.3 Å². The molecule has 0 saturated heterocycles. The van der Waals surface area contributed by atoms with Gasteiger partial charge in [0.05, 0.1) is 23.2 Å². The Labute approximate surface area is 154 Å². The van der Waals surface area contributed by atoms with Crippen molar-refractivity contribution < 1.29 is 4.79 Å². The van der Waals surface area contributed by atoms with E-state index < -0.39 is 0 Å². The molecule has 3 aromatic rings. The molecule has 1 aliphatic rings. The lowest BCUT2D eigenvalue weighted by Gasteiger charge is -2.07. The van der Waals surface area contributed by atoms with E-state index in [-0.39, 0.29) is 17.9 Å². The normalized spacial score (nSPS) is 14.0. The summed E-state index contributed by atoms with van der Waals surface area (Å²) in [4.78, 5) is 30.6. The molecule has 0 spiro atoms. The molecule has 0 atom stereocenters. The first-order chi connectivity index (χ1) is 12.6. The van der Waals surface area contributed by atoms with E-state index in [0.29, 0.717) is 16.2 Å². The molecule has 0 bridgehead atoms. The molecule has 1 aromatic carbocycles. The fraction of sp³-hybridized carbons (Fsp3) is 0.368. The van der Waals surface area contributed by atoms with Gasteiger partial charge in [-0.2, -0.15) is 5.10 Å². The minimum atomic E-state index is -0.162. The van der Waals surface area contributed by atoms with Crippen LogP contribution in [0.5, 0.6) is 0 Å². The van der Waals surface area contributed by atoms with Crippen LogP contribution in [0.3, 0.4) is 0 Å². The van der Waals surface area contributed by atoms with Crippen LogP contribution in [0.2, 0.25) is 0 Å². The number of nitrogens with one attached hydrogen (secondary N) is 1. The third kappa shape index (κ3) is 3.26. The lowest BCUT2D eigenvalue weighted by atomic mass is 10.1. The number of aromatic nitrogens is 3. The van der Waals surface area contributed by atoms with E-state index in [2.05, 4.69) is 15.4 Å². The van der Waals surface area contributed by atoms with Crippen molar-refractivity contribution in [2.45, 2.75) is 38.5 Å². The summed E-state index contributed by atoms with van der Waals surface area (Å²) in [5.41, 5.74) is 1.57. The zero-order valence-electron chi connectivity index (χ0n) is 14.6. The number of carbonyl (C=O) groups is 1. The topological polar surface area (TPSA) is 76.9 Å². The van der Waals surface area contributed by atoms with Crippen molar-refractivity contribution in [3.63, 3.8) is 0 Å². The second-order valence-corrected chi connectivity index (χ2v) is 7.68. The summed E-state index contributed by atoms with van der Waals surface area (Å²) in [5.74, 6) is -0.162. The molecule has 1 N–H and O–H groups in total. The second-order valence-electron chi connectivity index (χ2n) is 6.60. The highest BCUT2D eigenvalue weighted by Gasteiger charge is 2.17.